The molecule has 3 fully saturated rings. The number of aryl methyl sites for hydroxylation is 1. The first-order valence-electron chi connectivity index (χ1n) is 11.4. The van der Waals surface area contributed by atoms with Crippen molar-refractivity contribution < 1.29 is 4.74 Å². The van der Waals surface area contributed by atoms with Crippen LogP contribution >= 0.6 is 0 Å². The molecule has 162 valence electrons. The zero-order chi connectivity index (χ0) is 20.8. The highest BCUT2D eigenvalue weighted by Crippen LogP contribution is 2.45. The molecule has 2 aromatic heterocycles. The molecule has 2 aliphatic carbocycles. The number of imidazole rings is 1. The number of fused-ring (bicyclic) bond motifs is 3. The van der Waals surface area contributed by atoms with Gasteiger partial charge in [-0.1, -0.05) is 6.42 Å². The summed E-state index contributed by atoms with van der Waals surface area (Å²) in [5.74, 6) is 3.08. The molecule has 0 radical (unpaired) electrons. The van der Waals surface area contributed by atoms with Gasteiger partial charge in [0.2, 0.25) is 5.95 Å². The lowest BCUT2D eigenvalue weighted by molar-refractivity contribution is 0.122. The third-order valence-corrected chi connectivity index (χ3v) is 7.18. The van der Waals surface area contributed by atoms with Crippen LogP contribution in [0.3, 0.4) is 0 Å². The number of aromatic nitrogens is 4. The summed E-state index contributed by atoms with van der Waals surface area (Å²) in [6.45, 7) is 5.56. The Morgan fingerprint density at radius 3 is 2.81 bits per heavy atom. The fourth-order valence-electron chi connectivity index (χ4n) is 5.52. The molecule has 0 spiro atoms. The highest BCUT2D eigenvalue weighted by molar-refractivity contribution is 5.84. The molecule has 2 saturated carbocycles. The lowest BCUT2D eigenvalue weighted by Crippen LogP contribution is -2.36. The molecule has 1 aromatic carbocycles. The molecule has 0 amide bonds. The van der Waals surface area contributed by atoms with Crippen LogP contribution < -0.4 is 15.5 Å². The summed E-state index contributed by atoms with van der Waals surface area (Å²) in [7, 11) is 0. The number of hydrogen-bond acceptors (Lipinski definition) is 7. The summed E-state index contributed by atoms with van der Waals surface area (Å²) in [6, 6.07) is 6.99. The molecule has 2 bridgehead atoms. The molecule has 8 nitrogen and oxygen atoms in total. The number of H-pyrrole nitrogens is 1. The van der Waals surface area contributed by atoms with Crippen LogP contribution in [0.25, 0.3) is 11.2 Å². The van der Waals surface area contributed by atoms with Gasteiger partial charge in [0.05, 0.1) is 19.5 Å². The number of anilines is 4. The van der Waals surface area contributed by atoms with Gasteiger partial charge in [0.25, 0.3) is 0 Å². The fourth-order valence-corrected chi connectivity index (χ4v) is 5.52. The quantitative estimate of drug-likeness (QED) is 0.579. The molecule has 1 saturated heterocycles. The molecule has 3 aromatic rings. The Morgan fingerprint density at radius 2 is 2.03 bits per heavy atom. The van der Waals surface area contributed by atoms with Crippen molar-refractivity contribution >= 4 is 34.3 Å². The van der Waals surface area contributed by atoms with Crippen LogP contribution in [0.4, 0.5) is 23.1 Å². The highest BCUT2D eigenvalue weighted by atomic mass is 16.5. The van der Waals surface area contributed by atoms with E-state index in [0.29, 0.717) is 17.6 Å². The largest absolute Gasteiger partial charge is 0.378 e. The predicted molar refractivity (Wildman–Crippen MR) is 122 cm³/mol. The van der Waals surface area contributed by atoms with E-state index < -0.39 is 0 Å². The van der Waals surface area contributed by atoms with Crippen LogP contribution in [0.15, 0.2) is 24.5 Å². The minimum atomic E-state index is 0.502. The van der Waals surface area contributed by atoms with Gasteiger partial charge in [-0.3, -0.25) is 0 Å². The first kappa shape index (κ1) is 18.9. The Labute approximate surface area is 181 Å². The molecule has 1 aliphatic heterocycles. The maximum atomic E-state index is 5.47. The number of hydrogen-bond donors (Lipinski definition) is 3. The monoisotopic (exact) mass is 419 g/mol. The Morgan fingerprint density at radius 1 is 1.13 bits per heavy atom. The van der Waals surface area contributed by atoms with E-state index in [1.54, 1.807) is 6.33 Å². The van der Waals surface area contributed by atoms with E-state index in [4.69, 9.17) is 9.72 Å². The lowest BCUT2D eigenvalue weighted by Gasteiger charge is -2.29. The standard InChI is InChI=1S/C23H29N7O/c1-14-10-17(30-6-8-31-9-7-30)4-5-18(14)27-23-28-21-20(24-13-25-21)22(29-23)26-19-12-15-2-3-16(19)11-15/h4-5,10,13,15-16,19H,2-3,6-9,11-12H2,1H3,(H3,24,25,26,27,28,29). The van der Waals surface area contributed by atoms with Gasteiger partial charge in [-0.2, -0.15) is 9.97 Å². The van der Waals surface area contributed by atoms with E-state index in [-0.39, 0.29) is 0 Å². The highest BCUT2D eigenvalue weighted by Gasteiger charge is 2.39. The maximum absolute atomic E-state index is 5.47. The minimum Gasteiger partial charge on any atom is -0.378 e. The van der Waals surface area contributed by atoms with Gasteiger partial charge in [0.1, 0.15) is 5.52 Å². The van der Waals surface area contributed by atoms with Gasteiger partial charge < -0.3 is 25.3 Å². The van der Waals surface area contributed by atoms with Crippen molar-refractivity contribution in [3.63, 3.8) is 0 Å². The van der Waals surface area contributed by atoms with Gasteiger partial charge in [-0.25, -0.2) is 4.98 Å². The molecular formula is C23H29N7O. The molecule has 3 aliphatic rings. The van der Waals surface area contributed by atoms with Crippen LogP contribution in [-0.2, 0) is 4.74 Å². The smallest absolute Gasteiger partial charge is 0.231 e. The van der Waals surface area contributed by atoms with E-state index >= 15 is 0 Å². The summed E-state index contributed by atoms with van der Waals surface area (Å²) in [5, 5.41) is 7.14. The van der Waals surface area contributed by atoms with Crippen molar-refractivity contribution in [1.29, 1.82) is 0 Å². The number of rotatable bonds is 5. The van der Waals surface area contributed by atoms with E-state index in [1.165, 1.54) is 31.4 Å². The summed E-state index contributed by atoms with van der Waals surface area (Å²) in [5.41, 5.74) is 4.97. The average Bonchev–Trinajstić information content (AvgIpc) is 3.53. The zero-order valence-electron chi connectivity index (χ0n) is 17.9. The van der Waals surface area contributed by atoms with Crippen molar-refractivity contribution in [2.45, 2.75) is 38.6 Å². The number of morpholine rings is 1. The Balaban J connectivity index is 1.25. The number of aromatic amines is 1. The van der Waals surface area contributed by atoms with Crippen LogP contribution in [-0.4, -0.2) is 52.3 Å². The predicted octanol–water partition coefficient (Wildman–Crippen LogP) is 3.84. The SMILES string of the molecule is Cc1cc(N2CCOCC2)ccc1Nc1nc(NC2CC3CCC2C3)c2[nH]cnc2n1. The van der Waals surface area contributed by atoms with E-state index in [0.717, 1.165) is 60.7 Å². The maximum Gasteiger partial charge on any atom is 0.231 e. The summed E-state index contributed by atoms with van der Waals surface area (Å²) in [6.07, 6.45) is 7.01. The van der Waals surface area contributed by atoms with Crippen molar-refractivity contribution in [3.8, 4) is 0 Å². The van der Waals surface area contributed by atoms with Crippen molar-refractivity contribution in [2.24, 2.45) is 11.8 Å². The Hall–Kier alpha value is -2.87. The summed E-state index contributed by atoms with van der Waals surface area (Å²) in [4.78, 5) is 19.4. The van der Waals surface area contributed by atoms with Gasteiger partial charge in [0, 0.05) is 30.5 Å². The van der Waals surface area contributed by atoms with Crippen molar-refractivity contribution in [3.05, 3.63) is 30.1 Å². The fraction of sp³-hybridized carbons (Fsp3) is 0.522. The lowest BCUT2D eigenvalue weighted by atomic mass is 9.95. The van der Waals surface area contributed by atoms with E-state index in [2.05, 4.69) is 55.6 Å². The zero-order valence-corrected chi connectivity index (χ0v) is 17.9. The Kier molecular flexibility index (Phi) is 4.67. The first-order chi connectivity index (χ1) is 15.2. The molecule has 3 unspecified atom stereocenters. The Bertz CT molecular complexity index is 1090. The molecule has 3 N–H and O–H groups in total. The van der Waals surface area contributed by atoms with Crippen molar-refractivity contribution in [2.75, 3.05) is 41.8 Å². The van der Waals surface area contributed by atoms with Crippen LogP contribution in [0.2, 0.25) is 0 Å². The van der Waals surface area contributed by atoms with Gasteiger partial charge >= 0.3 is 0 Å². The van der Waals surface area contributed by atoms with Crippen LogP contribution in [0, 0.1) is 18.8 Å². The van der Waals surface area contributed by atoms with Gasteiger partial charge in [-0.15, -0.1) is 0 Å². The average molecular weight is 420 g/mol. The number of nitrogens with zero attached hydrogens (tertiary/aromatic N) is 4. The number of ether oxygens (including phenoxy) is 1. The van der Waals surface area contributed by atoms with Crippen LogP contribution in [0.1, 0.15) is 31.2 Å². The van der Waals surface area contributed by atoms with Crippen molar-refractivity contribution in [1.82, 2.24) is 19.9 Å². The molecule has 31 heavy (non-hydrogen) atoms. The normalized spacial score (nSPS) is 25.3. The molecule has 3 heterocycles. The van der Waals surface area contributed by atoms with Crippen LogP contribution in [0.5, 0.6) is 0 Å². The van der Waals surface area contributed by atoms with E-state index in [1.807, 2.05) is 0 Å². The summed E-state index contributed by atoms with van der Waals surface area (Å²) >= 11 is 0. The molecular weight excluding hydrogens is 390 g/mol. The summed E-state index contributed by atoms with van der Waals surface area (Å²) < 4.78 is 5.47. The topological polar surface area (TPSA) is 91.0 Å². The third kappa shape index (κ3) is 3.59. The molecule has 6 rings (SSSR count). The second-order valence-electron chi connectivity index (χ2n) is 9.15. The van der Waals surface area contributed by atoms with Gasteiger partial charge in [0.15, 0.2) is 11.5 Å². The second-order valence-corrected chi connectivity index (χ2v) is 9.15. The number of nitrogens with one attached hydrogen (secondary N) is 3. The van der Waals surface area contributed by atoms with E-state index in [9.17, 15) is 0 Å². The molecule has 8 heteroatoms. The minimum absolute atomic E-state index is 0.502. The second kappa shape index (κ2) is 7.67. The molecule has 3 atom stereocenters. The van der Waals surface area contributed by atoms with Gasteiger partial charge in [-0.05, 0) is 61.8 Å². The number of benzene rings is 1. The first-order valence-corrected chi connectivity index (χ1v) is 11.4. The third-order valence-electron chi connectivity index (χ3n) is 7.18.